The second-order valence-electron chi connectivity index (χ2n) is 6.23. The number of methoxy groups -OCH3 is 1. The molecular weight excluding hydrogens is 385 g/mol. The van der Waals surface area contributed by atoms with Crippen molar-refractivity contribution in [2.45, 2.75) is 19.9 Å². The summed E-state index contributed by atoms with van der Waals surface area (Å²) in [7, 11) is 1.49. The summed E-state index contributed by atoms with van der Waals surface area (Å²) < 4.78 is 5.24. The summed E-state index contributed by atoms with van der Waals surface area (Å²) in [6, 6.07) is 10.9. The summed E-state index contributed by atoms with van der Waals surface area (Å²) in [5.74, 6) is 0.165. The summed E-state index contributed by atoms with van der Waals surface area (Å²) >= 11 is 12.0. The Kier molecular flexibility index (Phi) is 8.23. The number of hydrogen-bond donors (Lipinski definition) is 2. The van der Waals surface area contributed by atoms with Gasteiger partial charge in [-0.05, 0) is 36.7 Å². The van der Waals surface area contributed by atoms with Gasteiger partial charge in [0.2, 0.25) is 0 Å². The fourth-order valence-electron chi connectivity index (χ4n) is 2.77. The van der Waals surface area contributed by atoms with Crippen molar-refractivity contribution in [2.75, 3.05) is 32.5 Å². The Morgan fingerprint density at radius 1 is 1.19 bits per heavy atom. The predicted molar refractivity (Wildman–Crippen MR) is 112 cm³/mol. The third-order valence-corrected chi connectivity index (χ3v) is 4.72. The smallest absolute Gasteiger partial charge is 0.255 e. The van der Waals surface area contributed by atoms with E-state index < -0.39 is 0 Å². The zero-order chi connectivity index (χ0) is 19.8. The van der Waals surface area contributed by atoms with Gasteiger partial charge in [0, 0.05) is 30.7 Å². The van der Waals surface area contributed by atoms with Gasteiger partial charge in [0.05, 0.1) is 23.4 Å². The number of rotatable bonds is 9. The van der Waals surface area contributed by atoms with Gasteiger partial charge in [0.25, 0.3) is 5.91 Å². The molecule has 27 heavy (non-hydrogen) atoms. The number of anilines is 1. The molecule has 0 spiro atoms. The highest BCUT2D eigenvalue weighted by molar-refractivity contribution is 6.33. The van der Waals surface area contributed by atoms with Crippen LogP contribution in [0, 0.1) is 0 Å². The van der Waals surface area contributed by atoms with Crippen molar-refractivity contribution in [1.29, 1.82) is 0 Å². The minimum atomic E-state index is -0.239. The second-order valence-corrected chi connectivity index (χ2v) is 7.08. The highest BCUT2D eigenvalue weighted by Gasteiger charge is 2.15. The molecule has 0 saturated heterocycles. The maximum Gasteiger partial charge on any atom is 0.255 e. The summed E-state index contributed by atoms with van der Waals surface area (Å²) in [6.45, 7) is 5.12. The van der Waals surface area contributed by atoms with E-state index in [1.165, 1.54) is 18.7 Å². The van der Waals surface area contributed by atoms with E-state index in [0.717, 1.165) is 31.1 Å². The van der Waals surface area contributed by atoms with E-state index in [9.17, 15) is 4.79 Å². The summed E-state index contributed by atoms with van der Waals surface area (Å²) in [5.41, 5.74) is 7.70. The fourth-order valence-corrected chi connectivity index (χ4v) is 3.06. The Balaban J connectivity index is 1.95. The Labute approximate surface area is 170 Å². The van der Waals surface area contributed by atoms with Crippen molar-refractivity contribution in [3.8, 4) is 5.75 Å². The molecule has 0 aliphatic heterocycles. The highest BCUT2D eigenvalue weighted by atomic mass is 35.5. The van der Waals surface area contributed by atoms with E-state index in [1.807, 2.05) is 24.3 Å². The first-order chi connectivity index (χ1) is 12.9. The molecule has 0 fully saturated rings. The molecular formula is C20H25Cl2N3O2. The summed E-state index contributed by atoms with van der Waals surface area (Å²) in [5, 5.41) is 3.98. The van der Waals surface area contributed by atoms with Crippen LogP contribution in [0.15, 0.2) is 36.4 Å². The number of carbonyl (C=O) groups excluding carboxylic acids is 1. The molecule has 0 bridgehead atoms. The van der Waals surface area contributed by atoms with Crippen molar-refractivity contribution in [2.24, 2.45) is 0 Å². The molecule has 2 aromatic carbocycles. The van der Waals surface area contributed by atoms with Gasteiger partial charge in [-0.2, -0.15) is 0 Å². The first-order valence-corrected chi connectivity index (χ1v) is 9.58. The number of nitrogens with one attached hydrogen (secondary N) is 1. The summed E-state index contributed by atoms with van der Waals surface area (Å²) in [4.78, 5) is 14.8. The van der Waals surface area contributed by atoms with Crippen LogP contribution < -0.4 is 15.8 Å². The molecule has 0 aromatic heterocycles. The first kappa shape index (κ1) is 21.4. The lowest BCUT2D eigenvalue weighted by atomic mass is 10.1. The van der Waals surface area contributed by atoms with Gasteiger partial charge in [-0.1, -0.05) is 42.3 Å². The molecule has 7 heteroatoms. The van der Waals surface area contributed by atoms with Gasteiger partial charge in [-0.25, -0.2) is 0 Å². The number of ether oxygens (including phenoxy) is 1. The van der Waals surface area contributed by atoms with Crippen LogP contribution in [0.2, 0.25) is 10.0 Å². The van der Waals surface area contributed by atoms with Gasteiger partial charge >= 0.3 is 0 Å². The zero-order valence-electron chi connectivity index (χ0n) is 15.6. The standard InChI is InChI=1S/C20H25Cl2N3O2/c1-3-9-25(13-14-4-6-15(21)7-5-14)10-8-24-20(26)16-11-17(22)18(23)12-19(16)27-2/h4-7,11-12H,3,8-10,13,23H2,1-2H3,(H,24,26). The third-order valence-electron chi connectivity index (χ3n) is 4.14. The highest BCUT2D eigenvalue weighted by Crippen LogP contribution is 2.28. The largest absolute Gasteiger partial charge is 0.496 e. The van der Waals surface area contributed by atoms with Crippen LogP contribution in [0.5, 0.6) is 5.75 Å². The van der Waals surface area contributed by atoms with E-state index in [4.69, 9.17) is 33.7 Å². The van der Waals surface area contributed by atoms with Gasteiger partial charge in [0.1, 0.15) is 5.75 Å². The molecule has 0 atom stereocenters. The lowest BCUT2D eigenvalue weighted by molar-refractivity contribution is 0.0945. The Morgan fingerprint density at radius 3 is 2.52 bits per heavy atom. The van der Waals surface area contributed by atoms with Crippen LogP contribution >= 0.6 is 23.2 Å². The minimum Gasteiger partial charge on any atom is -0.496 e. The molecule has 0 unspecified atom stereocenters. The Hall–Kier alpha value is -1.95. The van der Waals surface area contributed by atoms with Crippen LogP contribution in [0.25, 0.3) is 0 Å². The molecule has 0 radical (unpaired) electrons. The molecule has 0 aliphatic rings. The van der Waals surface area contributed by atoms with Gasteiger partial charge < -0.3 is 15.8 Å². The molecule has 0 aliphatic carbocycles. The number of nitrogens with two attached hydrogens (primary N) is 1. The van der Waals surface area contributed by atoms with Crippen molar-refractivity contribution in [1.82, 2.24) is 10.2 Å². The van der Waals surface area contributed by atoms with E-state index in [0.29, 0.717) is 28.6 Å². The van der Waals surface area contributed by atoms with Crippen molar-refractivity contribution < 1.29 is 9.53 Å². The summed E-state index contributed by atoms with van der Waals surface area (Å²) in [6.07, 6.45) is 1.03. The Morgan fingerprint density at radius 2 is 1.89 bits per heavy atom. The molecule has 146 valence electrons. The molecule has 2 aromatic rings. The SMILES string of the molecule is CCCN(CCNC(=O)c1cc(Cl)c(N)cc1OC)Cc1ccc(Cl)cc1. The topological polar surface area (TPSA) is 67.6 Å². The normalized spacial score (nSPS) is 10.9. The van der Waals surface area contributed by atoms with Crippen molar-refractivity contribution in [3.05, 3.63) is 57.6 Å². The number of hydrogen-bond acceptors (Lipinski definition) is 4. The maximum absolute atomic E-state index is 12.5. The van der Waals surface area contributed by atoms with Crippen LogP contribution in [0.4, 0.5) is 5.69 Å². The number of nitrogens with zero attached hydrogens (tertiary/aromatic N) is 1. The number of nitrogen functional groups attached to an aromatic ring is 1. The molecule has 0 saturated carbocycles. The van der Waals surface area contributed by atoms with Crippen molar-refractivity contribution in [3.63, 3.8) is 0 Å². The number of benzene rings is 2. The van der Waals surface area contributed by atoms with Gasteiger partial charge in [-0.3, -0.25) is 9.69 Å². The second kappa shape index (κ2) is 10.4. The van der Waals surface area contributed by atoms with E-state index in [-0.39, 0.29) is 5.91 Å². The van der Waals surface area contributed by atoms with Crippen LogP contribution in [0.1, 0.15) is 29.3 Å². The quantitative estimate of drug-likeness (QED) is 0.608. The minimum absolute atomic E-state index is 0.239. The van der Waals surface area contributed by atoms with Crippen LogP contribution in [0.3, 0.4) is 0 Å². The molecule has 2 rings (SSSR count). The van der Waals surface area contributed by atoms with Gasteiger partial charge in [-0.15, -0.1) is 0 Å². The number of carbonyl (C=O) groups is 1. The fraction of sp³-hybridized carbons (Fsp3) is 0.350. The average molecular weight is 410 g/mol. The lowest BCUT2D eigenvalue weighted by Crippen LogP contribution is -2.35. The molecule has 5 nitrogen and oxygen atoms in total. The lowest BCUT2D eigenvalue weighted by Gasteiger charge is -2.22. The van der Waals surface area contributed by atoms with E-state index in [1.54, 1.807) is 6.07 Å². The zero-order valence-corrected chi connectivity index (χ0v) is 17.1. The van der Waals surface area contributed by atoms with E-state index in [2.05, 4.69) is 17.1 Å². The third kappa shape index (κ3) is 6.31. The number of halogens is 2. The van der Waals surface area contributed by atoms with Crippen molar-refractivity contribution >= 4 is 34.8 Å². The molecule has 3 N–H and O–H groups in total. The number of amides is 1. The average Bonchev–Trinajstić information content (AvgIpc) is 2.65. The Bertz CT molecular complexity index is 767. The first-order valence-electron chi connectivity index (χ1n) is 8.82. The van der Waals surface area contributed by atoms with Crippen LogP contribution in [-0.4, -0.2) is 37.6 Å². The van der Waals surface area contributed by atoms with E-state index >= 15 is 0 Å². The maximum atomic E-state index is 12.5. The van der Waals surface area contributed by atoms with Gasteiger partial charge in [0.15, 0.2) is 0 Å². The molecule has 1 amide bonds. The predicted octanol–water partition coefficient (Wildman–Crippen LogP) is 4.23. The molecule has 0 heterocycles. The van der Waals surface area contributed by atoms with Crippen LogP contribution in [-0.2, 0) is 6.54 Å². The monoisotopic (exact) mass is 409 g/mol.